The van der Waals surface area contributed by atoms with Gasteiger partial charge in [0.15, 0.2) is 0 Å². The second-order valence-electron chi connectivity index (χ2n) is 5.18. The van der Waals surface area contributed by atoms with E-state index >= 15 is 0 Å². The number of hydrogen-bond donors (Lipinski definition) is 1. The average Bonchev–Trinajstić information content (AvgIpc) is 2.56. The first-order valence-electron chi connectivity index (χ1n) is 7.05. The summed E-state index contributed by atoms with van der Waals surface area (Å²) in [6, 6.07) is 25.5. The Balaban J connectivity index is 0.00000176. The van der Waals surface area contributed by atoms with Crippen LogP contribution in [0, 0.1) is 13.0 Å². The molecule has 0 unspecified atom stereocenters. The fourth-order valence-electron chi connectivity index (χ4n) is 2.50. The van der Waals surface area contributed by atoms with E-state index in [1.165, 1.54) is 5.56 Å². The molecular formula is C20H17OY-. The molecule has 1 radical (unpaired) electrons. The zero-order valence-corrected chi connectivity index (χ0v) is 15.4. The Morgan fingerprint density at radius 2 is 1.45 bits per heavy atom. The van der Waals surface area contributed by atoms with Gasteiger partial charge in [0.25, 0.3) is 0 Å². The first kappa shape index (κ1) is 17.1. The number of aliphatic hydroxyl groups is 1. The van der Waals surface area contributed by atoms with Gasteiger partial charge in [-0.15, -0.1) is 5.56 Å². The first-order chi connectivity index (χ1) is 10.3. The van der Waals surface area contributed by atoms with E-state index in [1.54, 1.807) is 0 Å². The van der Waals surface area contributed by atoms with E-state index in [-0.39, 0.29) is 39.3 Å². The minimum absolute atomic E-state index is 0. The molecule has 0 atom stereocenters. The van der Waals surface area contributed by atoms with Crippen LogP contribution in [-0.2, 0) is 39.3 Å². The molecule has 107 valence electrons. The normalized spacial score (nSPS) is 10.1. The molecular weight excluding hydrogens is 345 g/mol. The topological polar surface area (TPSA) is 20.2 Å². The van der Waals surface area contributed by atoms with Crippen molar-refractivity contribution in [2.75, 3.05) is 0 Å². The van der Waals surface area contributed by atoms with Gasteiger partial charge in [-0.1, -0.05) is 48.0 Å². The maximum atomic E-state index is 9.70. The van der Waals surface area contributed by atoms with Gasteiger partial charge in [-0.25, -0.2) is 0 Å². The molecule has 0 aliphatic rings. The number of rotatable bonds is 3. The smallest absolute Gasteiger partial charge is 0.0688 e. The van der Waals surface area contributed by atoms with Crippen LogP contribution >= 0.6 is 0 Å². The summed E-state index contributed by atoms with van der Waals surface area (Å²) in [5.41, 5.74) is 6.66. The summed E-state index contributed by atoms with van der Waals surface area (Å²) in [6.07, 6.45) is 0. The molecule has 0 saturated heterocycles. The third-order valence-electron chi connectivity index (χ3n) is 3.69. The number of benzene rings is 3. The van der Waals surface area contributed by atoms with Gasteiger partial charge in [0, 0.05) is 32.7 Å². The van der Waals surface area contributed by atoms with Crippen LogP contribution in [0.25, 0.3) is 22.3 Å². The Morgan fingerprint density at radius 1 is 0.818 bits per heavy atom. The van der Waals surface area contributed by atoms with Gasteiger partial charge in [-0.3, -0.25) is 0 Å². The molecule has 0 aliphatic carbocycles. The zero-order valence-electron chi connectivity index (χ0n) is 12.6. The van der Waals surface area contributed by atoms with Crippen molar-refractivity contribution < 1.29 is 37.8 Å². The SMILES string of the molecule is Cc1ccc(-c2ccc(-c3cc[c-]cc3)cc2CO)cc1.[Y]. The molecule has 0 spiro atoms. The largest absolute Gasteiger partial charge is 0.392 e. The summed E-state index contributed by atoms with van der Waals surface area (Å²) in [4.78, 5) is 0. The third kappa shape index (κ3) is 3.73. The standard InChI is InChI=1S/C20H17O.Y/c1-15-7-9-17(10-8-15)20-12-11-18(13-19(20)14-21)16-5-3-2-4-6-16;/h3-13,21H,14H2,1H3;/q-1;. The predicted octanol–water partition coefficient (Wildman–Crippen LogP) is 4.62. The van der Waals surface area contributed by atoms with Crippen LogP contribution in [0.4, 0.5) is 0 Å². The van der Waals surface area contributed by atoms with Crippen LogP contribution in [0.1, 0.15) is 11.1 Å². The minimum Gasteiger partial charge on any atom is -0.392 e. The molecule has 0 bridgehead atoms. The van der Waals surface area contributed by atoms with Crippen LogP contribution in [0.15, 0.2) is 66.7 Å². The molecule has 0 saturated carbocycles. The second-order valence-corrected chi connectivity index (χ2v) is 5.18. The van der Waals surface area contributed by atoms with Crippen LogP contribution in [0.5, 0.6) is 0 Å². The van der Waals surface area contributed by atoms with E-state index in [1.807, 2.05) is 24.3 Å². The molecule has 1 N–H and O–H groups in total. The molecule has 0 aromatic heterocycles. The van der Waals surface area contributed by atoms with Crippen LogP contribution in [0.2, 0.25) is 0 Å². The Hall–Kier alpha value is -1.28. The zero-order chi connectivity index (χ0) is 14.7. The van der Waals surface area contributed by atoms with Crippen molar-refractivity contribution >= 4 is 0 Å². The molecule has 3 aromatic carbocycles. The summed E-state index contributed by atoms with van der Waals surface area (Å²) in [6.45, 7) is 2.11. The molecule has 0 aliphatic heterocycles. The van der Waals surface area contributed by atoms with Gasteiger partial charge in [-0.05, 0) is 29.2 Å². The van der Waals surface area contributed by atoms with Gasteiger partial charge < -0.3 is 5.11 Å². The van der Waals surface area contributed by atoms with Gasteiger partial charge in [0.1, 0.15) is 0 Å². The number of aryl methyl sites for hydroxylation is 1. The summed E-state index contributed by atoms with van der Waals surface area (Å²) in [5, 5.41) is 9.70. The van der Waals surface area contributed by atoms with Crippen LogP contribution in [-0.4, -0.2) is 5.11 Å². The fourth-order valence-corrected chi connectivity index (χ4v) is 2.50. The van der Waals surface area contributed by atoms with Gasteiger partial charge in [-0.2, -0.15) is 30.3 Å². The maximum absolute atomic E-state index is 9.70. The summed E-state index contributed by atoms with van der Waals surface area (Å²) >= 11 is 0. The van der Waals surface area contributed by atoms with E-state index in [2.05, 4.69) is 55.5 Å². The Bertz CT molecular complexity index is 733. The first-order valence-corrected chi connectivity index (χ1v) is 7.05. The molecule has 0 heterocycles. The van der Waals surface area contributed by atoms with Crippen molar-refractivity contribution in [1.82, 2.24) is 0 Å². The van der Waals surface area contributed by atoms with Crippen molar-refractivity contribution in [3.05, 3.63) is 83.9 Å². The number of aliphatic hydroxyl groups excluding tert-OH is 1. The quantitative estimate of drug-likeness (QED) is 0.674. The van der Waals surface area contributed by atoms with Crippen molar-refractivity contribution in [2.45, 2.75) is 13.5 Å². The van der Waals surface area contributed by atoms with Crippen molar-refractivity contribution in [1.29, 1.82) is 0 Å². The molecule has 2 heteroatoms. The molecule has 0 fully saturated rings. The molecule has 0 amide bonds. The Morgan fingerprint density at radius 3 is 2.09 bits per heavy atom. The van der Waals surface area contributed by atoms with Crippen molar-refractivity contribution in [3.63, 3.8) is 0 Å². The van der Waals surface area contributed by atoms with Gasteiger partial charge in [0.05, 0.1) is 6.61 Å². The van der Waals surface area contributed by atoms with Crippen molar-refractivity contribution in [2.24, 2.45) is 0 Å². The molecule has 3 aromatic rings. The van der Waals surface area contributed by atoms with E-state index in [9.17, 15) is 5.11 Å². The average molecular weight is 362 g/mol. The van der Waals surface area contributed by atoms with Crippen molar-refractivity contribution in [3.8, 4) is 22.3 Å². The minimum atomic E-state index is 0. The second kappa shape index (κ2) is 7.83. The molecule has 22 heavy (non-hydrogen) atoms. The monoisotopic (exact) mass is 362 g/mol. The van der Waals surface area contributed by atoms with Gasteiger partial charge >= 0.3 is 0 Å². The van der Waals surface area contributed by atoms with E-state index < -0.39 is 0 Å². The predicted molar refractivity (Wildman–Crippen MR) is 86.8 cm³/mol. The summed E-state index contributed by atoms with van der Waals surface area (Å²) in [7, 11) is 0. The van der Waals surface area contributed by atoms with E-state index in [4.69, 9.17) is 0 Å². The molecule has 1 nitrogen and oxygen atoms in total. The Labute approximate surface area is 156 Å². The fraction of sp³-hybridized carbons (Fsp3) is 0.100. The maximum Gasteiger partial charge on any atom is 0.0688 e. The van der Waals surface area contributed by atoms with E-state index in [0.717, 1.165) is 27.8 Å². The molecule has 3 rings (SSSR count). The van der Waals surface area contributed by atoms with Crippen LogP contribution < -0.4 is 0 Å². The van der Waals surface area contributed by atoms with Gasteiger partial charge in [0.2, 0.25) is 0 Å². The van der Waals surface area contributed by atoms with Crippen LogP contribution in [0.3, 0.4) is 0 Å². The van der Waals surface area contributed by atoms with E-state index in [0.29, 0.717) is 0 Å². The third-order valence-corrected chi connectivity index (χ3v) is 3.69. The summed E-state index contributed by atoms with van der Waals surface area (Å²) in [5.74, 6) is 0. The summed E-state index contributed by atoms with van der Waals surface area (Å²) < 4.78 is 0. The Kier molecular flexibility index (Phi) is 6.08. The number of hydrogen-bond acceptors (Lipinski definition) is 1.